The quantitative estimate of drug-likeness (QED) is 0.868. The van der Waals surface area contributed by atoms with Gasteiger partial charge in [-0.05, 0) is 48.4 Å². The highest BCUT2D eigenvalue weighted by atomic mass is 16.2. The molecule has 1 saturated heterocycles. The Balaban J connectivity index is 1.62. The maximum absolute atomic E-state index is 12.4. The Morgan fingerprint density at radius 1 is 1.04 bits per heavy atom. The second-order valence-electron chi connectivity index (χ2n) is 6.20. The van der Waals surface area contributed by atoms with Crippen LogP contribution in [-0.2, 0) is 16.0 Å². The van der Waals surface area contributed by atoms with Gasteiger partial charge in [-0.2, -0.15) is 0 Å². The fourth-order valence-electron chi connectivity index (χ4n) is 2.90. The van der Waals surface area contributed by atoms with Crippen molar-refractivity contribution in [2.24, 2.45) is 0 Å². The first kappa shape index (κ1) is 17.7. The summed E-state index contributed by atoms with van der Waals surface area (Å²) in [5.74, 6) is -0.152. The molecule has 6 heteroatoms. The third-order valence-electron chi connectivity index (χ3n) is 4.37. The molecule has 3 rings (SSSR count). The molecule has 1 heterocycles. The van der Waals surface area contributed by atoms with Crippen LogP contribution in [0.5, 0.6) is 0 Å². The smallest absolute Gasteiger partial charge is 0.255 e. The summed E-state index contributed by atoms with van der Waals surface area (Å²) in [5, 5.41) is 5.41. The first-order chi connectivity index (χ1) is 12.6. The molecule has 1 fully saturated rings. The molecule has 2 N–H and O–H groups in total. The maximum atomic E-state index is 12.4. The number of nitrogens with one attached hydrogen (secondary N) is 2. The van der Waals surface area contributed by atoms with E-state index < -0.39 is 0 Å². The maximum Gasteiger partial charge on any atom is 0.255 e. The van der Waals surface area contributed by atoms with Crippen molar-refractivity contribution in [3.63, 3.8) is 0 Å². The molecule has 3 amide bonds. The van der Waals surface area contributed by atoms with Crippen LogP contribution in [0.1, 0.15) is 28.8 Å². The lowest BCUT2D eigenvalue weighted by molar-refractivity contribution is -0.120. The van der Waals surface area contributed by atoms with E-state index in [0.717, 1.165) is 24.2 Å². The van der Waals surface area contributed by atoms with E-state index >= 15 is 0 Å². The molecule has 26 heavy (non-hydrogen) atoms. The van der Waals surface area contributed by atoms with Crippen LogP contribution in [0.25, 0.3) is 0 Å². The molecule has 0 aliphatic carbocycles. The Hall–Kier alpha value is -3.15. The molecule has 0 atom stereocenters. The molecule has 2 aromatic carbocycles. The molecule has 134 valence electrons. The van der Waals surface area contributed by atoms with E-state index in [2.05, 4.69) is 10.6 Å². The number of anilines is 2. The van der Waals surface area contributed by atoms with Crippen LogP contribution in [-0.4, -0.2) is 31.3 Å². The van der Waals surface area contributed by atoms with E-state index in [1.807, 2.05) is 12.1 Å². The van der Waals surface area contributed by atoms with Crippen molar-refractivity contribution in [1.82, 2.24) is 5.32 Å². The molecule has 0 bridgehead atoms. The van der Waals surface area contributed by atoms with E-state index in [0.29, 0.717) is 24.1 Å². The first-order valence-corrected chi connectivity index (χ1v) is 8.58. The van der Waals surface area contributed by atoms with E-state index in [-0.39, 0.29) is 17.7 Å². The van der Waals surface area contributed by atoms with Gasteiger partial charge in [-0.15, -0.1) is 0 Å². The van der Waals surface area contributed by atoms with E-state index in [4.69, 9.17) is 0 Å². The Kier molecular flexibility index (Phi) is 5.31. The summed E-state index contributed by atoms with van der Waals surface area (Å²) >= 11 is 0. The third kappa shape index (κ3) is 4.08. The largest absolute Gasteiger partial charge is 0.359 e. The standard InChI is InChI=1S/C20H21N3O3/c1-21-18(24)13-14-4-8-16(9-5-14)22-20(26)15-6-10-17(11-7-15)23-12-2-3-19(23)25/h4-11H,2-3,12-13H2,1H3,(H,21,24)(H,22,26). The van der Waals surface area contributed by atoms with Crippen molar-refractivity contribution in [3.05, 3.63) is 59.7 Å². The lowest BCUT2D eigenvalue weighted by Gasteiger charge is -2.15. The van der Waals surface area contributed by atoms with Crippen molar-refractivity contribution in [1.29, 1.82) is 0 Å². The van der Waals surface area contributed by atoms with Gasteiger partial charge in [0.1, 0.15) is 0 Å². The Labute approximate surface area is 152 Å². The van der Waals surface area contributed by atoms with Gasteiger partial charge < -0.3 is 15.5 Å². The number of benzene rings is 2. The number of likely N-dealkylation sites (N-methyl/N-ethyl adjacent to an activating group) is 1. The molecule has 0 spiro atoms. The number of carbonyl (C=O) groups is 3. The lowest BCUT2D eigenvalue weighted by atomic mass is 10.1. The van der Waals surface area contributed by atoms with Crippen LogP contribution in [0.4, 0.5) is 11.4 Å². The van der Waals surface area contributed by atoms with Gasteiger partial charge in [0.2, 0.25) is 11.8 Å². The van der Waals surface area contributed by atoms with Crippen LogP contribution >= 0.6 is 0 Å². The summed E-state index contributed by atoms with van der Waals surface area (Å²) in [6, 6.07) is 14.2. The lowest BCUT2D eigenvalue weighted by Crippen LogP contribution is -2.23. The summed E-state index contributed by atoms with van der Waals surface area (Å²) < 4.78 is 0. The molecule has 6 nitrogen and oxygen atoms in total. The zero-order valence-electron chi connectivity index (χ0n) is 14.6. The predicted octanol–water partition coefficient (Wildman–Crippen LogP) is 2.35. The molecule has 0 saturated carbocycles. The van der Waals surface area contributed by atoms with Crippen molar-refractivity contribution in [2.45, 2.75) is 19.3 Å². The molecule has 0 aromatic heterocycles. The van der Waals surface area contributed by atoms with Gasteiger partial charge in [-0.3, -0.25) is 14.4 Å². The summed E-state index contributed by atoms with van der Waals surface area (Å²) in [6.45, 7) is 0.729. The fourth-order valence-corrected chi connectivity index (χ4v) is 2.90. The zero-order valence-corrected chi connectivity index (χ0v) is 14.6. The van der Waals surface area contributed by atoms with Gasteiger partial charge in [-0.1, -0.05) is 12.1 Å². The van der Waals surface area contributed by atoms with Crippen LogP contribution < -0.4 is 15.5 Å². The normalized spacial score (nSPS) is 13.6. The van der Waals surface area contributed by atoms with Gasteiger partial charge in [-0.25, -0.2) is 0 Å². The molecule has 0 radical (unpaired) electrons. The number of hydrogen-bond acceptors (Lipinski definition) is 3. The monoisotopic (exact) mass is 351 g/mol. The summed E-state index contributed by atoms with van der Waals surface area (Å²) in [6.07, 6.45) is 1.76. The van der Waals surface area contributed by atoms with Gasteiger partial charge in [0.25, 0.3) is 5.91 Å². The SMILES string of the molecule is CNC(=O)Cc1ccc(NC(=O)c2ccc(N3CCCC3=O)cc2)cc1. The number of rotatable bonds is 5. The fraction of sp³-hybridized carbons (Fsp3) is 0.250. The average Bonchev–Trinajstić information content (AvgIpc) is 3.09. The molecular weight excluding hydrogens is 330 g/mol. The summed E-state index contributed by atoms with van der Waals surface area (Å²) in [5.41, 5.74) is 2.88. The minimum atomic E-state index is -0.219. The van der Waals surface area contributed by atoms with Crippen molar-refractivity contribution >= 4 is 29.1 Å². The Morgan fingerprint density at radius 2 is 1.73 bits per heavy atom. The first-order valence-electron chi connectivity index (χ1n) is 8.58. The van der Waals surface area contributed by atoms with E-state index in [1.165, 1.54) is 0 Å². The van der Waals surface area contributed by atoms with Gasteiger partial charge >= 0.3 is 0 Å². The topological polar surface area (TPSA) is 78.5 Å². The van der Waals surface area contributed by atoms with E-state index in [9.17, 15) is 14.4 Å². The number of amides is 3. The van der Waals surface area contributed by atoms with Gasteiger partial charge in [0.15, 0.2) is 0 Å². The van der Waals surface area contributed by atoms with E-state index in [1.54, 1.807) is 48.3 Å². The molecular formula is C20H21N3O3. The number of nitrogens with zero attached hydrogens (tertiary/aromatic N) is 1. The van der Waals surface area contributed by atoms with Crippen molar-refractivity contribution < 1.29 is 14.4 Å². The Bertz CT molecular complexity index is 813. The number of hydrogen-bond donors (Lipinski definition) is 2. The second-order valence-corrected chi connectivity index (χ2v) is 6.20. The minimum Gasteiger partial charge on any atom is -0.359 e. The average molecular weight is 351 g/mol. The summed E-state index contributed by atoms with van der Waals surface area (Å²) in [4.78, 5) is 37.2. The molecule has 0 unspecified atom stereocenters. The highest BCUT2D eigenvalue weighted by Gasteiger charge is 2.21. The predicted molar refractivity (Wildman–Crippen MR) is 100 cm³/mol. The van der Waals surface area contributed by atoms with Gasteiger partial charge in [0.05, 0.1) is 6.42 Å². The molecule has 1 aliphatic rings. The minimum absolute atomic E-state index is 0.0571. The van der Waals surface area contributed by atoms with Gasteiger partial charge in [0, 0.05) is 37.0 Å². The second kappa shape index (κ2) is 7.82. The van der Waals surface area contributed by atoms with Crippen molar-refractivity contribution in [2.75, 3.05) is 23.8 Å². The summed E-state index contributed by atoms with van der Waals surface area (Å²) in [7, 11) is 1.60. The van der Waals surface area contributed by atoms with Crippen molar-refractivity contribution in [3.8, 4) is 0 Å². The van der Waals surface area contributed by atoms with Crippen LogP contribution in [0.15, 0.2) is 48.5 Å². The molecule has 2 aromatic rings. The van der Waals surface area contributed by atoms with Crippen LogP contribution in [0.2, 0.25) is 0 Å². The number of carbonyl (C=O) groups excluding carboxylic acids is 3. The van der Waals surface area contributed by atoms with Crippen LogP contribution in [0, 0.1) is 0 Å². The third-order valence-corrected chi connectivity index (χ3v) is 4.37. The molecule has 1 aliphatic heterocycles. The van der Waals surface area contributed by atoms with Crippen LogP contribution in [0.3, 0.4) is 0 Å². The Morgan fingerprint density at radius 3 is 2.31 bits per heavy atom. The highest BCUT2D eigenvalue weighted by molar-refractivity contribution is 6.04. The zero-order chi connectivity index (χ0) is 18.5. The highest BCUT2D eigenvalue weighted by Crippen LogP contribution is 2.22.